The van der Waals surface area contributed by atoms with E-state index in [9.17, 15) is 5.11 Å². The molecule has 0 fully saturated rings. The van der Waals surface area contributed by atoms with E-state index in [1.54, 1.807) is 25.3 Å². The zero-order chi connectivity index (χ0) is 17.8. The minimum atomic E-state index is -0.596. The molecule has 4 rings (SSSR count). The van der Waals surface area contributed by atoms with Crippen LogP contribution < -0.4 is 9.47 Å². The third-order valence-corrected chi connectivity index (χ3v) is 4.90. The summed E-state index contributed by atoms with van der Waals surface area (Å²) in [6.45, 7) is 3.96. The topological polar surface area (TPSA) is 54.3 Å². The Morgan fingerprint density at radius 1 is 1.28 bits per heavy atom. The summed E-state index contributed by atoms with van der Waals surface area (Å²) in [4.78, 5) is 0. The molecular formula is C19H19ClN2O3. The van der Waals surface area contributed by atoms with Gasteiger partial charge in [0, 0.05) is 22.6 Å². The second-order valence-corrected chi connectivity index (χ2v) is 7.16. The predicted molar refractivity (Wildman–Crippen MR) is 96.6 cm³/mol. The van der Waals surface area contributed by atoms with Crippen molar-refractivity contribution in [3.05, 3.63) is 52.5 Å². The van der Waals surface area contributed by atoms with E-state index in [0.717, 1.165) is 17.0 Å². The van der Waals surface area contributed by atoms with E-state index < -0.39 is 5.72 Å². The van der Waals surface area contributed by atoms with Crippen molar-refractivity contribution in [1.82, 2.24) is 5.01 Å². The van der Waals surface area contributed by atoms with E-state index in [0.29, 0.717) is 22.8 Å². The van der Waals surface area contributed by atoms with Crippen LogP contribution in [0.4, 0.5) is 0 Å². The molecule has 0 amide bonds. The Morgan fingerprint density at radius 2 is 2.08 bits per heavy atom. The van der Waals surface area contributed by atoms with E-state index in [4.69, 9.17) is 26.2 Å². The SMILES string of the molecule is COc1ccc(O)c(C2=NN3[C@@H](C2)c2cc(Cl)ccc2OC3(C)C)c1. The van der Waals surface area contributed by atoms with E-state index in [1.165, 1.54) is 0 Å². The summed E-state index contributed by atoms with van der Waals surface area (Å²) in [5.41, 5.74) is 1.88. The first-order chi connectivity index (χ1) is 11.9. The second-order valence-electron chi connectivity index (χ2n) is 6.73. The van der Waals surface area contributed by atoms with Gasteiger partial charge in [-0.1, -0.05) is 11.6 Å². The first-order valence-electron chi connectivity index (χ1n) is 8.12. The van der Waals surface area contributed by atoms with Gasteiger partial charge in [0.1, 0.15) is 17.2 Å². The van der Waals surface area contributed by atoms with Crippen molar-refractivity contribution in [3.8, 4) is 17.2 Å². The van der Waals surface area contributed by atoms with Gasteiger partial charge in [-0.15, -0.1) is 0 Å². The average Bonchev–Trinajstić information content (AvgIpc) is 3.02. The highest BCUT2D eigenvalue weighted by Gasteiger charge is 2.45. The smallest absolute Gasteiger partial charge is 0.192 e. The number of hydrazone groups is 1. The van der Waals surface area contributed by atoms with Gasteiger partial charge in [-0.25, -0.2) is 5.01 Å². The number of fused-ring (bicyclic) bond motifs is 3. The minimum Gasteiger partial charge on any atom is -0.507 e. The van der Waals surface area contributed by atoms with E-state index >= 15 is 0 Å². The Kier molecular flexibility index (Phi) is 3.58. The molecule has 6 heteroatoms. The highest BCUT2D eigenvalue weighted by atomic mass is 35.5. The Bertz CT molecular complexity index is 879. The first kappa shape index (κ1) is 16.1. The number of phenols is 1. The molecule has 25 heavy (non-hydrogen) atoms. The molecule has 1 N–H and O–H groups in total. The standard InChI is InChI=1S/C19H19ClN2O3/c1-19(2)22-16(14-8-11(20)4-7-18(14)25-19)10-15(21-22)13-9-12(24-3)5-6-17(13)23/h4-9,16,23H,10H2,1-3H3/t16-/m0/s1. The number of methoxy groups -OCH3 is 1. The summed E-state index contributed by atoms with van der Waals surface area (Å²) in [5.74, 6) is 1.69. The van der Waals surface area contributed by atoms with Crippen LogP contribution in [0.1, 0.15) is 37.4 Å². The van der Waals surface area contributed by atoms with Gasteiger partial charge >= 0.3 is 0 Å². The van der Waals surface area contributed by atoms with Crippen LogP contribution in [-0.2, 0) is 0 Å². The number of nitrogens with zero attached hydrogens (tertiary/aromatic N) is 2. The fourth-order valence-electron chi connectivity index (χ4n) is 3.47. The van der Waals surface area contributed by atoms with Crippen LogP contribution >= 0.6 is 11.6 Å². The molecule has 0 spiro atoms. The molecule has 0 unspecified atom stereocenters. The molecule has 0 aromatic heterocycles. The molecule has 0 radical (unpaired) electrons. The van der Waals surface area contributed by atoms with Gasteiger partial charge in [0.25, 0.3) is 0 Å². The molecule has 2 aliphatic rings. The van der Waals surface area contributed by atoms with Crippen molar-refractivity contribution < 1.29 is 14.6 Å². The van der Waals surface area contributed by atoms with Gasteiger partial charge in [-0.3, -0.25) is 0 Å². The van der Waals surface area contributed by atoms with Crippen LogP contribution in [0.25, 0.3) is 0 Å². The Morgan fingerprint density at radius 3 is 2.84 bits per heavy atom. The Labute approximate surface area is 151 Å². The lowest BCUT2D eigenvalue weighted by Crippen LogP contribution is -2.48. The van der Waals surface area contributed by atoms with E-state index in [-0.39, 0.29) is 11.8 Å². The summed E-state index contributed by atoms with van der Waals surface area (Å²) in [6, 6.07) is 10.8. The summed E-state index contributed by atoms with van der Waals surface area (Å²) in [7, 11) is 1.60. The van der Waals surface area contributed by atoms with Crippen LogP contribution in [0.3, 0.4) is 0 Å². The van der Waals surface area contributed by atoms with E-state index in [1.807, 2.05) is 37.1 Å². The van der Waals surface area contributed by atoms with Gasteiger partial charge in [0.15, 0.2) is 5.72 Å². The molecule has 2 aliphatic heterocycles. The second kappa shape index (κ2) is 5.56. The molecule has 0 bridgehead atoms. The van der Waals surface area contributed by atoms with Crippen LogP contribution in [0.5, 0.6) is 17.2 Å². The first-order valence-corrected chi connectivity index (χ1v) is 8.49. The van der Waals surface area contributed by atoms with Crippen molar-refractivity contribution in [2.45, 2.75) is 32.0 Å². The molecule has 0 aliphatic carbocycles. The third-order valence-electron chi connectivity index (χ3n) is 4.67. The van der Waals surface area contributed by atoms with Crippen molar-refractivity contribution in [2.75, 3.05) is 7.11 Å². The number of benzene rings is 2. The number of ether oxygens (including phenoxy) is 2. The molecule has 2 heterocycles. The molecule has 1 atom stereocenters. The Balaban J connectivity index is 1.79. The van der Waals surface area contributed by atoms with Crippen LogP contribution in [0.2, 0.25) is 5.02 Å². The molecule has 2 aromatic carbocycles. The molecule has 0 saturated heterocycles. The largest absolute Gasteiger partial charge is 0.507 e. The zero-order valence-electron chi connectivity index (χ0n) is 14.3. The molecular weight excluding hydrogens is 340 g/mol. The Hall–Kier alpha value is -2.40. The lowest BCUT2D eigenvalue weighted by atomic mass is 9.95. The third kappa shape index (κ3) is 2.59. The summed E-state index contributed by atoms with van der Waals surface area (Å²) < 4.78 is 11.4. The fraction of sp³-hybridized carbons (Fsp3) is 0.316. The summed E-state index contributed by atoms with van der Waals surface area (Å²) in [5, 5.41) is 17.7. The fourth-order valence-corrected chi connectivity index (χ4v) is 3.65. The van der Waals surface area contributed by atoms with Gasteiger partial charge in [-0.2, -0.15) is 5.10 Å². The van der Waals surface area contributed by atoms with Crippen molar-refractivity contribution in [3.63, 3.8) is 0 Å². The van der Waals surface area contributed by atoms with Crippen molar-refractivity contribution in [1.29, 1.82) is 0 Å². The quantitative estimate of drug-likeness (QED) is 0.868. The minimum absolute atomic E-state index is 0.0121. The number of aromatic hydroxyl groups is 1. The lowest BCUT2D eigenvalue weighted by molar-refractivity contribution is -0.0911. The van der Waals surface area contributed by atoms with Gasteiger partial charge in [0.05, 0.1) is 18.9 Å². The monoisotopic (exact) mass is 358 g/mol. The number of rotatable bonds is 2. The number of hydrogen-bond acceptors (Lipinski definition) is 5. The maximum Gasteiger partial charge on any atom is 0.192 e. The molecule has 5 nitrogen and oxygen atoms in total. The maximum atomic E-state index is 10.3. The normalized spacial score (nSPS) is 20.4. The van der Waals surface area contributed by atoms with Crippen LogP contribution in [-0.4, -0.2) is 28.7 Å². The van der Waals surface area contributed by atoms with Gasteiger partial charge in [-0.05, 0) is 50.2 Å². The number of phenolic OH excluding ortho intramolecular Hbond substituents is 1. The summed E-state index contributed by atoms with van der Waals surface area (Å²) >= 11 is 6.19. The molecule has 0 saturated carbocycles. The number of halogens is 1. The average molecular weight is 359 g/mol. The van der Waals surface area contributed by atoms with Crippen molar-refractivity contribution >= 4 is 17.3 Å². The predicted octanol–water partition coefficient (Wildman–Crippen LogP) is 4.33. The maximum absolute atomic E-state index is 10.3. The van der Waals surface area contributed by atoms with Crippen LogP contribution in [0.15, 0.2) is 41.5 Å². The lowest BCUT2D eigenvalue weighted by Gasteiger charge is -2.43. The highest BCUT2D eigenvalue weighted by Crippen LogP contribution is 2.47. The number of hydrogen-bond donors (Lipinski definition) is 1. The van der Waals surface area contributed by atoms with Gasteiger partial charge < -0.3 is 14.6 Å². The zero-order valence-corrected chi connectivity index (χ0v) is 15.0. The highest BCUT2D eigenvalue weighted by molar-refractivity contribution is 6.30. The van der Waals surface area contributed by atoms with E-state index in [2.05, 4.69) is 0 Å². The molecule has 130 valence electrons. The molecule has 2 aromatic rings. The van der Waals surface area contributed by atoms with Crippen LogP contribution in [0, 0.1) is 0 Å². The van der Waals surface area contributed by atoms with Gasteiger partial charge in [0.2, 0.25) is 0 Å². The van der Waals surface area contributed by atoms with Crippen molar-refractivity contribution in [2.24, 2.45) is 5.10 Å². The summed E-state index contributed by atoms with van der Waals surface area (Å²) in [6.07, 6.45) is 0.654.